The number of benzene rings is 1. The molecule has 0 saturated heterocycles. The normalized spacial score (nSPS) is 13.9. The van der Waals surface area contributed by atoms with E-state index in [0.717, 1.165) is 5.56 Å². The summed E-state index contributed by atoms with van der Waals surface area (Å²) in [6.45, 7) is 4.71. The second kappa shape index (κ2) is 7.86. The predicted octanol–water partition coefficient (Wildman–Crippen LogP) is 1.63. The summed E-state index contributed by atoms with van der Waals surface area (Å²) in [7, 11) is 1.59. The number of methoxy groups -OCH3 is 1. The van der Waals surface area contributed by atoms with Crippen molar-refractivity contribution in [2.45, 2.75) is 25.9 Å². The third-order valence-corrected chi connectivity index (χ3v) is 2.87. The molecule has 0 aliphatic rings. The Morgan fingerprint density at radius 2 is 1.95 bits per heavy atom. The maximum Gasteiger partial charge on any atom is 0.236 e. The standard InChI is InChI=1S/C14H21FN2O2/c1-10(12-4-6-13(15)7-5-12)17-11(2)14(18)16-8-9-19-3/h4-7,10-11,17H,8-9H2,1-3H3,(H,16,18)/t10-,11?/m0/s1. The number of hydrogen-bond acceptors (Lipinski definition) is 3. The maximum atomic E-state index is 12.8. The third kappa shape index (κ3) is 5.36. The molecule has 0 aliphatic carbocycles. The molecule has 106 valence electrons. The highest BCUT2D eigenvalue weighted by Gasteiger charge is 2.15. The van der Waals surface area contributed by atoms with Gasteiger partial charge in [0.05, 0.1) is 12.6 Å². The average Bonchev–Trinajstić information content (AvgIpc) is 2.39. The number of nitrogens with one attached hydrogen (secondary N) is 2. The van der Waals surface area contributed by atoms with Gasteiger partial charge in [0.2, 0.25) is 5.91 Å². The van der Waals surface area contributed by atoms with Gasteiger partial charge in [0.25, 0.3) is 0 Å². The molecule has 5 heteroatoms. The quantitative estimate of drug-likeness (QED) is 0.739. The Balaban J connectivity index is 2.44. The molecule has 0 bridgehead atoms. The number of hydrogen-bond donors (Lipinski definition) is 2. The van der Waals surface area contributed by atoms with E-state index in [-0.39, 0.29) is 23.8 Å². The van der Waals surface area contributed by atoms with E-state index < -0.39 is 0 Å². The topological polar surface area (TPSA) is 50.4 Å². The van der Waals surface area contributed by atoms with Gasteiger partial charge in [-0.25, -0.2) is 4.39 Å². The molecule has 1 aromatic rings. The molecule has 1 rings (SSSR count). The van der Waals surface area contributed by atoms with Crippen LogP contribution in [0.25, 0.3) is 0 Å². The van der Waals surface area contributed by atoms with Crippen molar-refractivity contribution < 1.29 is 13.9 Å². The summed E-state index contributed by atoms with van der Waals surface area (Å²) in [4.78, 5) is 11.7. The van der Waals surface area contributed by atoms with E-state index in [1.807, 2.05) is 6.92 Å². The van der Waals surface area contributed by atoms with E-state index in [9.17, 15) is 9.18 Å². The number of amides is 1. The van der Waals surface area contributed by atoms with Crippen LogP contribution in [0.15, 0.2) is 24.3 Å². The third-order valence-electron chi connectivity index (χ3n) is 2.87. The number of carbonyl (C=O) groups is 1. The molecule has 0 aliphatic heterocycles. The van der Waals surface area contributed by atoms with Gasteiger partial charge in [-0.05, 0) is 31.5 Å². The maximum absolute atomic E-state index is 12.8. The molecule has 0 spiro atoms. The number of rotatable bonds is 7. The van der Waals surface area contributed by atoms with Gasteiger partial charge in [-0.3, -0.25) is 10.1 Å². The van der Waals surface area contributed by atoms with Crippen LogP contribution in [0, 0.1) is 5.82 Å². The Labute approximate surface area is 113 Å². The van der Waals surface area contributed by atoms with E-state index in [2.05, 4.69) is 10.6 Å². The molecule has 2 atom stereocenters. The van der Waals surface area contributed by atoms with E-state index in [1.54, 1.807) is 26.2 Å². The number of halogens is 1. The molecule has 0 heterocycles. The van der Waals surface area contributed by atoms with Gasteiger partial charge in [-0.2, -0.15) is 0 Å². The predicted molar refractivity (Wildman–Crippen MR) is 72.3 cm³/mol. The fourth-order valence-electron chi connectivity index (χ4n) is 1.73. The monoisotopic (exact) mass is 268 g/mol. The van der Waals surface area contributed by atoms with Gasteiger partial charge in [0.15, 0.2) is 0 Å². The molecule has 0 aromatic heterocycles. The molecule has 2 N–H and O–H groups in total. The lowest BCUT2D eigenvalue weighted by Gasteiger charge is -2.20. The van der Waals surface area contributed by atoms with Gasteiger partial charge in [-0.15, -0.1) is 0 Å². The van der Waals surface area contributed by atoms with Gasteiger partial charge in [0.1, 0.15) is 5.82 Å². The van der Waals surface area contributed by atoms with Crippen LogP contribution < -0.4 is 10.6 Å². The first-order valence-corrected chi connectivity index (χ1v) is 6.32. The molecule has 1 aromatic carbocycles. The summed E-state index contributed by atoms with van der Waals surface area (Å²) >= 11 is 0. The lowest BCUT2D eigenvalue weighted by molar-refractivity contribution is -0.123. The number of carbonyl (C=O) groups excluding carboxylic acids is 1. The van der Waals surface area contributed by atoms with Crippen LogP contribution in [-0.4, -0.2) is 32.2 Å². The van der Waals surface area contributed by atoms with Crippen molar-refractivity contribution in [3.8, 4) is 0 Å². The molecule has 4 nitrogen and oxygen atoms in total. The van der Waals surface area contributed by atoms with Crippen molar-refractivity contribution in [3.63, 3.8) is 0 Å². The molecule has 0 saturated carbocycles. The Bertz CT molecular complexity index is 395. The highest BCUT2D eigenvalue weighted by molar-refractivity contribution is 5.81. The minimum absolute atomic E-state index is 0.0243. The summed E-state index contributed by atoms with van der Waals surface area (Å²) in [6.07, 6.45) is 0. The second-order valence-corrected chi connectivity index (χ2v) is 4.45. The minimum atomic E-state index is -0.322. The average molecular weight is 268 g/mol. The fourth-order valence-corrected chi connectivity index (χ4v) is 1.73. The van der Waals surface area contributed by atoms with Crippen LogP contribution in [-0.2, 0) is 9.53 Å². The Morgan fingerprint density at radius 3 is 2.53 bits per heavy atom. The molecular weight excluding hydrogens is 247 g/mol. The highest BCUT2D eigenvalue weighted by atomic mass is 19.1. The summed E-state index contributed by atoms with van der Waals surface area (Å²) in [5, 5.41) is 5.93. The van der Waals surface area contributed by atoms with E-state index >= 15 is 0 Å². The Morgan fingerprint density at radius 1 is 1.32 bits per heavy atom. The lowest BCUT2D eigenvalue weighted by Crippen LogP contribution is -2.44. The zero-order valence-corrected chi connectivity index (χ0v) is 11.6. The molecular formula is C14H21FN2O2. The summed E-state index contributed by atoms with van der Waals surface area (Å²) in [6, 6.07) is 5.90. The van der Waals surface area contributed by atoms with Gasteiger partial charge in [-0.1, -0.05) is 12.1 Å². The van der Waals surface area contributed by atoms with Crippen LogP contribution in [0.5, 0.6) is 0 Å². The van der Waals surface area contributed by atoms with Gasteiger partial charge in [0, 0.05) is 19.7 Å². The Kier molecular flexibility index (Phi) is 6.45. The van der Waals surface area contributed by atoms with Crippen LogP contribution in [0.4, 0.5) is 4.39 Å². The smallest absolute Gasteiger partial charge is 0.236 e. The van der Waals surface area contributed by atoms with Crippen molar-refractivity contribution in [1.82, 2.24) is 10.6 Å². The van der Waals surface area contributed by atoms with E-state index in [1.165, 1.54) is 12.1 Å². The second-order valence-electron chi connectivity index (χ2n) is 4.45. The summed E-state index contributed by atoms with van der Waals surface area (Å²) < 4.78 is 17.7. The van der Waals surface area contributed by atoms with Crippen molar-refractivity contribution in [3.05, 3.63) is 35.6 Å². The SMILES string of the molecule is COCCNC(=O)C(C)N[C@@H](C)c1ccc(F)cc1. The first kappa shape index (κ1) is 15.6. The van der Waals surface area contributed by atoms with Gasteiger partial charge >= 0.3 is 0 Å². The molecule has 1 amide bonds. The van der Waals surface area contributed by atoms with E-state index in [0.29, 0.717) is 13.2 Å². The van der Waals surface area contributed by atoms with Crippen LogP contribution in [0.3, 0.4) is 0 Å². The minimum Gasteiger partial charge on any atom is -0.383 e. The van der Waals surface area contributed by atoms with Crippen molar-refractivity contribution in [1.29, 1.82) is 0 Å². The Hall–Kier alpha value is -1.46. The number of ether oxygens (including phenoxy) is 1. The summed E-state index contributed by atoms with van der Waals surface area (Å²) in [5.74, 6) is -0.340. The molecule has 0 radical (unpaired) electrons. The zero-order chi connectivity index (χ0) is 14.3. The van der Waals surface area contributed by atoms with Crippen molar-refractivity contribution >= 4 is 5.91 Å². The van der Waals surface area contributed by atoms with Crippen LogP contribution in [0.2, 0.25) is 0 Å². The largest absolute Gasteiger partial charge is 0.383 e. The van der Waals surface area contributed by atoms with Gasteiger partial charge < -0.3 is 10.1 Å². The highest BCUT2D eigenvalue weighted by Crippen LogP contribution is 2.13. The zero-order valence-electron chi connectivity index (χ0n) is 11.6. The van der Waals surface area contributed by atoms with Crippen LogP contribution in [0.1, 0.15) is 25.5 Å². The van der Waals surface area contributed by atoms with Crippen LogP contribution >= 0.6 is 0 Å². The van der Waals surface area contributed by atoms with Crippen molar-refractivity contribution in [2.75, 3.05) is 20.3 Å². The fraction of sp³-hybridized carbons (Fsp3) is 0.500. The lowest BCUT2D eigenvalue weighted by atomic mass is 10.1. The van der Waals surface area contributed by atoms with E-state index in [4.69, 9.17) is 4.74 Å². The van der Waals surface area contributed by atoms with Crippen molar-refractivity contribution in [2.24, 2.45) is 0 Å². The molecule has 19 heavy (non-hydrogen) atoms. The first-order valence-electron chi connectivity index (χ1n) is 6.32. The first-order chi connectivity index (χ1) is 9.04. The summed E-state index contributed by atoms with van der Waals surface area (Å²) in [5.41, 5.74) is 0.943. The molecule has 0 fully saturated rings. The molecule has 1 unspecified atom stereocenters.